The zero-order valence-corrected chi connectivity index (χ0v) is 30.5. The van der Waals surface area contributed by atoms with E-state index in [2.05, 4.69) is 210 Å². The van der Waals surface area contributed by atoms with E-state index in [0.717, 1.165) is 28.5 Å². The summed E-state index contributed by atoms with van der Waals surface area (Å²) in [6, 6.07) is 77.2. The van der Waals surface area contributed by atoms with Gasteiger partial charge in [0.1, 0.15) is 5.75 Å². The Morgan fingerprint density at radius 2 is 0.849 bits per heavy atom. The van der Waals surface area contributed by atoms with Crippen LogP contribution in [0, 0.1) is 0 Å². The summed E-state index contributed by atoms with van der Waals surface area (Å²) in [5.41, 5.74) is 6.84. The molecule has 0 amide bonds. The van der Waals surface area contributed by atoms with E-state index in [1.165, 1.54) is 42.6 Å². The molecule has 1 heterocycles. The number of anilines is 3. The summed E-state index contributed by atoms with van der Waals surface area (Å²) >= 11 is 0. The van der Waals surface area contributed by atoms with E-state index in [-0.39, 0.29) is 0 Å². The van der Waals surface area contributed by atoms with Gasteiger partial charge in [-0.15, -0.1) is 0 Å². The van der Waals surface area contributed by atoms with Crippen LogP contribution < -0.4 is 30.4 Å². The molecule has 0 radical (unpaired) electrons. The highest BCUT2D eigenvalue weighted by Crippen LogP contribution is 2.35. The molecule has 3 nitrogen and oxygen atoms in total. The van der Waals surface area contributed by atoms with Gasteiger partial charge >= 0.3 is 0 Å². The van der Waals surface area contributed by atoms with Gasteiger partial charge in [-0.1, -0.05) is 140 Å². The van der Waals surface area contributed by atoms with Crippen molar-refractivity contribution in [1.82, 2.24) is 4.57 Å². The number of benzene rings is 8. The fourth-order valence-electron chi connectivity index (χ4n) is 8.05. The maximum atomic E-state index is 5.50. The molecule has 53 heavy (non-hydrogen) atoms. The van der Waals surface area contributed by atoms with Gasteiger partial charge in [-0.3, -0.25) is 0 Å². The SMILES string of the molecule is COc1ccc(N(c2ccccc2)c2ccc([Si](c3ccccc3)(c3ccccc3)c3ccc4c(c3)c3ccccc3n4-c3ccccc3)cc2)cc1. The summed E-state index contributed by atoms with van der Waals surface area (Å²) < 4.78 is 7.90. The van der Waals surface area contributed by atoms with Crippen molar-refractivity contribution in [2.75, 3.05) is 12.0 Å². The number of aromatic nitrogens is 1. The standard InChI is InChI=1S/C49H38N2OSi/c1-52-41-30-26-39(27-31-41)50(37-16-6-2-7-17-37)40-28-32-44(33-29-40)53(42-20-10-4-11-21-42,43-22-12-5-13-23-43)45-34-35-49-47(36-45)46-24-14-15-25-48(46)51(49)38-18-8-3-9-19-38/h2-36H,1H3. The smallest absolute Gasteiger partial charge is 0.179 e. The number of hydrogen-bond acceptors (Lipinski definition) is 2. The third-order valence-corrected chi connectivity index (χ3v) is 15.2. The van der Waals surface area contributed by atoms with Crippen LogP contribution in [-0.4, -0.2) is 19.8 Å². The average molecular weight is 699 g/mol. The Morgan fingerprint density at radius 1 is 0.396 bits per heavy atom. The predicted octanol–water partition coefficient (Wildman–Crippen LogP) is 9.64. The van der Waals surface area contributed by atoms with Gasteiger partial charge in [0.05, 0.1) is 18.1 Å². The quantitative estimate of drug-likeness (QED) is 0.110. The predicted molar refractivity (Wildman–Crippen MR) is 226 cm³/mol. The van der Waals surface area contributed by atoms with Crippen molar-refractivity contribution < 1.29 is 4.74 Å². The van der Waals surface area contributed by atoms with Crippen LogP contribution in [0.4, 0.5) is 17.1 Å². The molecule has 0 aliphatic rings. The summed E-state index contributed by atoms with van der Waals surface area (Å²) in [6.45, 7) is 0. The molecule has 0 aliphatic heterocycles. The minimum Gasteiger partial charge on any atom is -0.497 e. The second-order valence-corrected chi connectivity index (χ2v) is 17.1. The highest BCUT2D eigenvalue weighted by molar-refractivity contribution is 7.20. The molecule has 9 aromatic rings. The van der Waals surface area contributed by atoms with Crippen LogP contribution in [0.15, 0.2) is 212 Å². The zero-order chi connectivity index (χ0) is 35.6. The van der Waals surface area contributed by atoms with Gasteiger partial charge in [-0.2, -0.15) is 0 Å². The second kappa shape index (κ2) is 13.8. The fraction of sp³-hybridized carbons (Fsp3) is 0.0204. The lowest BCUT2D eigenvalue weighted by Gasteiger charge is -2.35. The van der Waals surface area contributed by atoms with Crippen LogP contribution in [-0.2, 0) is 0 Å². The van der Waals surface area contributed by atoms with Crippen LogP contribution in [0.1, 0.15) is 0 Å². The molecule has 0 spiro atoms. The Kier molecular flexibility index (Phi) is 8.43. The minimum atomic E-state index is -2.85. The van der Waals surface area contributed by atoms with Crippen molar-refractivity contribution >= 4 is 67.7 Å². The molecule has 0 atom stereocenters. The summed E-state index contributed by atoms with van der Waals surface area (Å²) in [5, 5.41) is 7.89. The van der Waals surface area contributed by atoms with Crippen LogP contribution in [0.3, 0.4) is 0 Å². The molecule has 0 fully saturated rings. The Morgan fingerprint density at radius 3 is 1.45 bits per heavy atom. The number of hydrogen-bond donors (Lipinski definition) is 0. The third kappa shape index (κ3) is 5.61. The Bertz CT molecular complexity index is 2580. The molecule has 254 valence electrons. The number of nitrogens with zero attached hydrogens (tertiary/aromatic N) is 2. The van der Waals surface area contributed by atoms with E-state index in [0.29, 0.717) is 0 Å². The Labute approximate surface area is 311 Å². The third-order valence-electron chi connectivity index (χ3n) is 10.4. The van der Waals surface area contributed by atoms with Gasteiger partial charge in [0, 0.05) is 33.5 Å². The van der Waals surface area contributed by atoms with E-state index >= 15 is 0 Å². The zero-order valence-electron chi connectivity index (χ0n) is 29.5. The minimum absolute atomic E-state index is 0.836. The van der Waals surface area contributed by atoms with Gasteiger partial charge in [-0.25, -0.2) is 0 Å². The van der Waals surface area contributed by atoms with E-state index in [4.69, 9.17) is 4.74 Å². The Hall–Kier alpha value is -6.62. The van der Waals surface area contributed by atoms with E-state index in [9.17, 15) is 0 Å². The van der Waals surface area contributed by atoms with Crippen molar-refractivity contribution in [2.45, 2.75) is 0 Å². The Balaban J connectivity index is 1.28. The first kappa shape index (κ1) is 32.3. The number of para-hydroxylation sites is 3. The van der Waals surface area contributed by atoms with E-state index < -0.39 is 8.07 Å². The van der Waals surface area contributed by atoms with Crippen molar-refractivity contribution in [3.8, 4) is 11.4 Å². The molecular formula is C49H38N2OSi. The lowest BCUT2D eigenvalue weighted by Crippen LogP contribution is -2.74. The van der Waals surface area contributed by atoms with E-state index in [1.54, 1.807) is 7.11 Å². The number of fused-ring (bicyclic) bond motifs is 3. The number of methoxy groups -OCH3 is 1. The van der Waals surface area contributed by atoms with Crippen LogP contribution in [0.2, 0.25) is 0 Å². The number of ether oxygens (including phenoxy) is 1. The highest BCUT2D eigenvalue weighted by Gasteiger charge is 2.41. The van der Waals surface area contributed by atoms with Crippen LogP contribution >= 0.6 is 0 Å². The first-order valence-corrected chi connectivity index (χ1v) is 20.1. The molecule has 4 heteroatoms. The molecule has 1 aromatic heterocycles. The number of rotatable bonds is 9. The molecule has 0 N–H and O–H groups in total. The van der Waals surface area contributed by atoms with Gasteiger partial charge < -0.3 is 14.2 Å². The fourth-order valence-corrected chi connectivity index (χ4v) is 12.8. The van der Waals surface area contributed by atoms with Gasteiger partial charge in [-0.05, 0) is 93.5 Å². The molecule has 0 saturated heterocycles. The van der Waals surface area contributed by atoms with Crippen molar-refractivity contribution in [3.05, 3.63) is 212 Å². The van der Waals surface area contributed by atoms with Crippen LogP contribution in [0.25, 0.3) is 27.5 Å². The summed E-state index contributed by atoms with van der Waals surface area (Å²) in [5.74, 6) is 0.836. The summed E-state index contributed by atoms with van der Waals surface area (Å²) in [4.78, 5) is 2.31. The van der Waals surface area contributed by atoms with Gasteiger partial charge in [0.15, 0.2) is 8.07 Å². The van der Waals surface area contributed by atoms with Crippen molar-refractivity contribution in [2.24, 2.45) is 0 Å². The van der Waals surface area contributed by atoms with Crippen molar-refractivity contribution in [1.29, 1.82) is 0 Å². The molecule has 0 bridgehead atoms. The molecular weight excluding hydrogens is 661 g/mol. The average Bonchev–Trinajstić information content (AvgIpc) is 3.57. The monoisotopic (exact) mass is 698 g/mol. The van der Waals surface area contributed by atoms with E-state index in [1.807, 2.05) is 12.1 Å². The van der Waals surface area contributed by atoms with Gasteiger partial charge in [0.25, 0.3) is 0 Å². The first-order chi connectivity index (χ1) is 26.3. The van der Waals surface area contributed by atoms with Gasteiger partial charge in [0.2, 0.25) is 0 Å². The van der Waals surface area contributed by atoms with Crippen LogP contribution in [0.5, 0.6) is 5.75 Å². The molecule has 0 aliphatic carbocycles. The second-order valence-electron chi connectivity index (χ2n) is 13.3. The summed E-state index contributed by atoms with van der Waals surface area (Å²) in [6.07, 6.45) is 0. The lowest BCUT2D eigenvalue weighted by atomic mass is 10.1. The molecule has 8 aromatic carbocycles. The first-order valence-electron chi connectivity index (χ1n) is 18.1. The highest BCUT2D eigenvalue weighted by atomic mass is 28.3. The lowest BCUT2D eigenvalue weighted by molar-refractivity contribution is 0.415. The maximum absolute atomic E-state index is 5.50. The topological polar surface area (TPSA) is 17.4 Å². The summed E-state index contributed by atoms with van der Waals surface area (Å²) in [7, 11) is -1.14. The molecule has 0 saturated carbocycles. The largest absolute Gasteiger partial charge is 0.497 e. The van der Waals surface area contributed by atoms with Crippen molar-refractivity contribution in [3.63, 3.8) is 0 Å². The normalized spacial score (nSPS) is 11.5. The molecule has 0 unspecified atom stereocenters. The maximum Gasteiger partial charge on any atom is 0.179 e. The molecule has 9 rings (SSSR count).